The van der Waals surface area contributed by atoms with Crippen molar-refractivity contribution in [2.75, 3.05) is 6.54 Å². The molecule has 0 spiro atoms. The summed E-state index contributed by atoms with van der Waals surface area (Å²) >= 11 is 0. The standard InChI is InChI=1S/C22H26N2O4/c1-14(25)13-23-21(27)16(3)19(12-17-8-5-4-6-9-17)24-22(28)18-10-7-11-20(26)15(18)2/h4-11,16,19,26H,12-13H2,1-3H3,(H,23,27)(H,24,28)/t16-,19-/m0/s1. The number of carbonyl (C=O) groups excluding carboxylic acids is 3. The van der Waals surface area contributed by atoms with E-state index in [1.807, 2.05) is 30.3 Å². The van der Waals surface area contributed by atoms with Crippen LogP contribution in [0.1, 0.15) is 35.3 Å². The Kier molecular flexibility index (Phi) is 7.32. The molecule has 2 rings (SSSR count). The molecular weight excluding hydrogens is 356 g/mol. The van der Waals surface area contributed by atoms with Gasteiger partial charge in [-0.05, 0) is 38.0 Å². The van der Waals surface area contributed by atoms with Gasteiger partial charge in [0, 0.05) is 17.2 Å². The van der Waals surface area contributed by atoms with Crippen molar-refractivity contribution in [3.8, 4) is 5.75 Å². The minimum absolute atomic E-state index is 0.0408. The van der Waals surface area contributed by atoms with Gasteiger partial charge in [0.1, 0.15) is 11.5 Å². The van der Waals surface area contributed by atoms with Crippen LogP contribution in [0.4, 0.5) is 0 Å². The predicted octanol–water partition coefficient (Wildman–Crippen LogP) is 2.38. The van der Waals surface area contributed by atoms with E-state index in [4.69, 9.17) is 0 Å². The lowest BCUT2D eigenvalue weighted by Gasteiger charge is -2.25. The van der Waals surface area contributed by atoms with Crippen LogP contribution in [-0.2, 0) is 16.0 Å². The zero-order valence-electron chi connectivity index (χ0n) is 16.4. The van der Waals surface area contributed by atoms with Crippen molar-refractivity contribution in [1.29, 1.82) is 0 Å². The van der Waals surface area contributed by atoms with E-state index in [1.54, 1.807) is 26.0 Å². The second-order valence-corrected chi connectivity index (χ2v) is 6.93. The largest absolute Gasteiger partial charge is 0.508 e. The van der Waals surface area contributed by atoms with Gasteiger partial charge in [-0.15, -0.1) is 0 Å². The number of hydrogen-bond donors (Lipinski definition) is 3. The molecular formula is C22H26N2O4. The third-order valence-corrected chi connectivity index (χ3v) is 4.69. The van der Waals surface area contributed by atoms with Crippen LogP contribution in [0.3, 0.4) is 0 Å². The third kappa shape index (κ3) is 5.67. The molecule has 0 saturated heterocycles. The Morgan fingerprint density at radius 3 is 2.36 bits per heavy atom. The third-order valence-electron chi connectivity index (χ3n) is 4.69. The lowest BCUT2D eigenvalue weighted by atomic mass is 9.93. The topological polar surface area (TPSA) is 95.5 Å². The lowest BCUT2D eigenvalue weighted by Crippen LogP contribution is -2.47. The van der Waals surface area contributed by atoms with Gasteiger partial charge in [-0.2, -0.15) is 0 Å². The summed E-state index contributed by atoms with van der Waals surface area (Å²) in [6.45, 7) is 4.75. The first-order valence-corrected chi connectivity index (χ1v) is 9.20. The molecule has 0 saturated carbocycles. The number of aromatic hydroxyl groups is 1. The van der Waals surface area contributed by atoms with Crippen molar-refractivity contribution in [3.63, 3.8) is 0 Å². The number of rotatable bonds is 8. The average Bonchev–Trinajstić information content (AvgIpc) is 2.67. The lowest BCUT2D eigenvalue weighted by molar-refractivity contribution is -0.127. The Morgan fingerprint density at radius 2 is 1.71 bits per heavy atom. The first-order valence-electron chi connectivity index (χ1n) is 9.20. The Labute approximate surface area is 165 Å². The molecule has 148 valence electrons. The van der Waals surface area contributed by atoms with Gasteiger partial charge < -0.3 is 15.7 Å². The maximum Gasteiger partial charge on any atom is 0.251 e. The molecule has 0 bridgehead atoms. The van der Waals surface area contributed by atoms with Crippen LogP contribution in [0.25, 0.3) is 0 Å². The van der Waals surface area contributed by atoms with Crippen LogP contribution in [0.15, 0.2) is 48.5 Å². The number of carbonyl (C=O) groups is 3. The zero-order valence-corrected chi connectivity index (χ0v) is 16.4. The van der Waals surface area contributed by atoms with Crippen LogP contribution >= 0.6 is 0 Å². The highest BCUT2D eigenvalue weighted by Gasteiger charge is 2.27. The molecule has 28 heavy (non-hydrogen) atoms. The molecule has 6 nitrogen and oxygen atoms in total. The minimum Gasteiger partial charge on any atom is -0.508 e. The number of ketones is 1. The number of amides is 2. The second-order valence-electron chi connectivity index (χ2n) is 6.93. The molecule has 3 N–H and O–H groups in total. The Hall–Kier alpha value is -3.15. The molecule has 0 radical (unpaired) electrons. The number of phenolic OH excluding ortho intramolecular Hbond substituents is 1. The molecule has 2 amide bonds. The zero-order chi connectivity index (χ0) is 20.7. The Balaban J connectivity index is 2.22. The second kappa shape index (κ2) is 9.69. The van der Waals surface area contributed by atoms with E-state index >= 15 is 0 Å². The fourth-order valence-electron chi connectivity index (χ4n) is 2.89. The quantitative estimate of drug-likeness (QED) is 0.653. The summed E-state index contributed by atoms with van der Waals surface area (Å²) in [5, 5.41) is 15.4. The maximum absolute atomic E-state index is 12.8. The molecule has 0 aliphatic heterocycles. The number of Topliss-reactive ketones (excluding diaryl/α,β-unsaturated/α-hetero) is 1. The summed E-state index contributed by atoms with van der Waals surface area (Å²) in [6.07, 6.45) is 0.457. The van der Waals surface area contributed by atoms with Gasteiger partial charge in [0.15, 0.2) is 0 Å². The normalized spacial score (nSPS) is 12.7. The molecule has 2 aromatic rings. The van der Waals surface area contributed by atoms with Gasteiger partial charge in [-0.25, -0.2) is 0 Å². The molecule has 0 aromatic heterocycles. The summed E-state index contributed by atoms with van der Waals surface area (Å²) in [5.41, 5.74) is 1.81. The van der Waals surface area contributed by atoms with Crippen molar-refractivity contribution in [2.24, 2.45) is 5.92 Å². The van der Waals surface area contributed by atoms with E-state index in [0.29, 0.717) is 17.5 Å². The van der Waals surface area contributed by atoms with Crippen molar-refractivity contribution in [2.45, 2.75) is 33.2 Å². The van der Waals surface area contributed by atoms with E-state index in [9.17, 15) is 19.5 Å². The molecule has 2 aromatic carbocycles. The first kappa shape index (κ1) is 21.2. The van der Waals surface area contributed by atoms with Gasteiger partial charge in [-0.1, -0.05) is 43.3 Å². The molecule has 2 atom stereocenters. The van der Waals surface area contributed by atoms with Crippen LogP contribution in [0.2, 0.25) is 0 Å². The molecule has 0 unspecified atom stereocenters. The Morgan fingerprint density at radius 1 is 1.04 bits per heavy atom. The van der Waals surface area contributed by atoms with E-state index in [2.05, 4.69) is 10.6 Å². The average molecular weight is 382 g/mol. The fourth-order valence-corrected chi connectivity index (χ4v) is 2.89. The molecule has 0 fully saturated rings. The molecule has 0 heterocycles. The summed E-state index contributed by atoms with van der Waals surface area (Å²) in [7, 11) is 0. The van der Waals surface area contributed by atoms with E-state index in [-0.39, 0.29) is 29.9 Å². The van der Waals surface area contributed by atoms with Crippen LogP contribution < -0.4 is 10.6 Å². The van der Waals surface area contributed by atoms with E-state index < -0.39 is 12.0 Å². The predicted molar refractivity (Wildman–Crippen MR) is 107 cm³/mol. The fraction of sp³-hybridized carbons (Fsp3) is 0.318. The van der Waals surface area contributed by atoms with Crippen LogP contribution in [0.5, 0.6) is 5.75 Å². The van der Waals surface area contributed by atoms with Gasteiger partial charge in [0.05, 0.1) is 12.5 Å². The van der Waals surface area contributed by atoms with Crippen molar-refractivity contribution in [3.05, 3.63) is 65.2 Å². The molecule has 6 heteroatoms. The van der Waals surface area contributed by atoms with Crippen molar-refractivity contribution >= 4 is 17.6 Å². The van der Waals surface area contributed by atoms with Crippen molar-refractivity contribution in [1.82, 2.24) is 10.6 Å². The number of hydrogen-bond acceptors (Lipinski definition) is 4. The molecule has 0 aliphatic carbocycles. The highest BCUT2D eigenvalue weighted by atomic mass is 16.3. The van der Waals surface area contributed by atoms with Crippen molar-refractivity contribution < 1.29 is 19.5 Å². The summed E-state index contributed by atoms with van der Waals surface area (Å²) < 4.78 is 0. The highest BCUT2D eigenvalue weighted by Crippen LogP contribution is 2.20. The van der Waals surface area contributed by atoms with Gasteiger partial charge in [0.2, 0.25) is 5.91 Å². The minimum atomic E-state index is -0.555. The number of phenols is 1. The van der Waals surface area contributed by atoms with Crippen LogP contribution in [0, 0.1) is 12.8 Å². The van der Waals surface area contributed by atoms with Gasteiger partial charge >= 0.3 is 0 Å². The maximum atomic E-state index is 12.8. The van der Waals surface area contributed by atoms with Gasteiger partial charge in [0.25, 0.3) is 5.91 Å². The first-order chi connectivity index (χ1) is 13.3. The van der Waals surface area contributed by atoms with Gasteiger partial charge in [-0.3, -0.25) is 14.4 Å². The van der Waals surface area contributed by atoms with Crippen LogP contribution in [-0.4, -0.2) is 35.3 Å². The number of benzene rings is 2. The highest BCUT2D eigenvalue weighted by molar-refractivity contribution is 5.97. The Bertz CT molecular complexity index is 849. The summed E-state index contributed by atoms with van der Waals surface area (Å²) in [5.74, 6) is -1.31. The molecule has 0 aliphatic rings. The van der Waals surface area contributed by atoms with E-state index in [1.165, 1.54) is 13.0 Å². The van der Waals surface area contributed by atoms with E-state index in [0.717, 1.165) is 5.56 Å². The summed E-state index contributed by atoms with van der Waals surface area (Å²) in [6, 6.07) is 13.8. The SMILES string of the molecule is CC(=O)CNC(=O)[C@@H](C)[C@H](Cc1ccccc1)NC(=O)c1cccc(O)c1C. The summed E-state index contributed by atoms with van der Waals surface area (Å²) in [4.78, 5) is 36.4. The number of nitrogens with one attached hydrogen (secondary N) is 2. The monoisotopic (exact) mass is 382 g/mol. The smallest absolute Gasteiger partial charge is 0.251 e.